The third-order valence-corrected chi connectivity index (χ3v) is 4.28. The number of anilines is 1. The Morgan fingerprint density at radius 1 is 0.933 bits per heavy atom. The summed E-state index contributed by atoms with van der Waals surface area (Å²) >= 11 is 0. The standard InChI is InChI=1S/C23H23N3O4/c1-29-21-14-18(12-13-20(21)30-16-22(24)27)23(28)25-26(19-10-6-3-7-11-19)15-17-8-4-2-5-9-17/h2-14H,15-16H2,1H3,(H2,24,27)(H,25,28). The highest BCUT2D eigenvalue weighted by atomic mass is 16.5. The van der Waals surface area contributed by atoms with E-state index in [0.717, 1.165) is 11.3 Å². The summed E-state index contributed by atoms with van der Waals surface area (Å²) in [5, 5.41) is 1.78. The van der Waals surface area contributed by atoms with Gasteiger partial charge < -0.3 is 15.2 Å². The first kappa shape index (κ1) is 20.7. The minimum Gasteiger partial charge on any atom is -0.493 e. The van der Waals surface area contributed by atoms with Gasteiger partial charge in [0.15, 0.2) is 18.1 Å². The second-order valence-electron chi connectivity index (χ2n) is 6.47. The smallest absolute Gasteiger partial charge is 0.269 e. The molecule has 2 amide bonds. The van der Waals surface area contributed by atoms with Crippen molar-refractivity contribution in [2.45, 2.75) is 6.54 Å². The van der Waals surface area contributed by atoms with E-state index >= 15 is 0 Å². The number of amides is 2. The Balaban J connectivity index is 1.80. The molecule has 0 saturated carbocycles. The molecule has 3 N–H and O–H groups in total. The minimum absolute atomic E-state index is 0.277. The van der Waals surface area contributed by atoms with Gasteiger partial charge in [-0.2, -0.15) is 0 Å². The van der Waals surface area contributed by atoms with Gasteiger partial charge in [0.1, 0.15) is 0 Å². The number of nitrogens with one attached hydrogen (secondary N) is 1. The maximum atomic E-state index is 12.9. The van der Waals surface area contributed by atoms with E-state index in [1.165, 1.54) is 7.11 Å². The number of carbonyl (C=O) groups is 2. The Labute approximate surface area is 175 Å². The number of methoxy groups -OCH3 is 1. The molecule has 7 heteroatoms. The topological polar surface area (TPSA) is 93.9 Å². The third-order valence-electron chi connectivity index (χ3n) is 4.28. The molecule has 0 heterocycles. The molecule has 0 aliphatic carbocycles. The highest BCUT2D eigenvalue weighted by molar-refractivity contribution is 5.95. The maximum absolute atomic E-state index is 12.9. The van der Waals surface area contributed by atoms with Crippen molar-refractivity contribution in [2.24, 2.45) is 5.73 Å². The van der Waals surface area contributed by atoms with Gasteiger partial charge in [-0.3, -0.25) is 20.0 Å². The number of benzene rings is 3. The predicted octanol–water partition coefficient (Wildman–Crippen LogP) is 2.91. The van der Waals surface area contributed by atoms with Crippen molar-refractivity contribution in [1.29, 1.82) is 0 Å². The number of nitrogens with zero attached hydrogens (tertiary/aromatic N) is 1. The highest BCUT2D eigenvalue weighted by Crippen LogP contribution is 2.28. The van der Waals surface area contributed by atoms with E-state index in [2.05, 4.69) is 5.43 Å². The van der Waals surface area contributed by atoms with E-state index in [1.807, 2.05) is 60.7 Å². The molecule has 7 nitrogen and oxygen atoms in total. The lowest BCUT2D eigenvalue weighted by Crippen LogP contribution is -2.42. The van der Waals surface area contributed by atoms with E-state index in [0.29, 0.717) is 23.6 Å². The van der Waals surface area contributed by atoms with Crippen molar-refractivity contribution < 1.29 is 19.1 Å². The molecule has 0 spiro atoms. The number of hydrogen-bond acceptors (Lipinski definition) is 5. The highest BCUT2D eigenvalue weighted by Gasteiger charge is 2.16. The molecule has 0 atom stereocenters. The summed E-state index contributed by atoms with van der Waals surface area (Å²) in [6.45, 7) is 0.217. The Kier molecular flexibility index (Phi) is 6.89. The third kappa shape index (κ3) is 5.51. The molecule has 3 aromatic rings. The molecule has 0 bridgehead atoms. The summed E-state index contributed by atoms with van der Waals surface area (Å²) in [5.41, 5.74) is 10.3. The van der Waals surface area contributed by atoms with Crippen molar-refractivity contribution in [3.63, 3.8) is 0 Å². The first-order valence-electron chi connectivity index (χ1n) is 9.33. The van der Waals surface area contributed by atoms with Crippen LogP contribution < -0.4 is 25.6 Å². The average molecular weight is 405 g/mol. The molecule has 0 aliphatic heterocycles. The van der Waals surface area contributed by atoms with Crippen molar-refractivity contribution in [3.05, 3.63) is 90.0 Å². The largest absolute Gasteiger partial charge is 0.493 e. The molecule has 0 radical (unpaired) electrons. The van der Waals surface area contributed by atoms with Gasteiger partial charge in [0.05, 0.1) is 19.3 Å². The fourth-order valence-electron chi connectivity index (χ4n) is 2.83. The van der Waals surface area contributed by atoms with Gasteiger partial charge in [0, 0.05) is 5.56 Å². The lowest BCUT2D eigenvalue weighted by Gasteiger charge is -2.25. The first-order chi connectivity index (χ1) is 14.6. The molecule has 0 unspecified atom stereocenters. The van der Waals surface area contributed by atoms with Gasteiger partial charge in [0.2, 0.25) is 0 Å². The Bertz CT molecular complexity index is 994. The van der Waals surface area contributed by atoms with Crippen molar-refractivity contribution in [3.8, 4) is 11.5 Å². The van der Waals surface area contributed by atoms with Gasteiger partial charge >= 0.3 is 0 Å². The van der Waals surface area contributed by atoms with Crippen LogP contribution in [0, 0.1) is 0 Å². The number of rotatable bonds is 9. The molecular formula is C23H23N3O4. The predicted molar refractivity (Wildman–Crippen MR) is 114 cm³/mol. The summed E-state index contributed by atoms with van der Waals surface area (Å²) in [6, 6.07) is 24.1. The van der Waals surface area contributed by atoms with Gasteiger partial charge in [-0.15, -0.1) is 0 Å². The van der Waals surface area contributed by atoms with Crippen LogP contribution in [0.3, 0.4) is 0 Å². The van der Waals surface area contributed by atoms with E-state index < -0.39 is 5.91 Å². The van der Waals surface area contributed by atoms with E-state index in [9.17, 15) is 9.59 Å². The van der Waals surface area contributed by atoms with Crippen LogP contribution in [0.1, 0.15) is 15.9 Å². The van der Waals surface area contributed by atoms with Crippen LogP contribution in [0.25, 0.3) is 0 Å². The van der Waals surface area contributed by atoms with E-state index in [4.69, 9.17) is 15.2 Å². The normalized spacial score (nSPS) is 10.2. The number of ether oxygens (including phenoxy) is 2. The molecule has 0 aromatic heterocycles. The lowest BCUT2D eigenvalue weighted by molar-refractivity contribution is -0.119. The SMILES string of the molecule is COc1cc(C(=O)NN(Cc2ccccc2)c2ccccc2)ccc1OCC(N)=O. The zero-order valence-corrected chi connectivity index (χ0v) is 16.6. The zero-order valence-electron chi connectivity index (χ0n) is 16.6. The second-order valence-corrected chi connectivity index (χ2v) is 6.47. The lowest BCUT2D eigenvalue weighted by atomic mass is 10.2. The molecule has 3 aromatic carbocycles. The average Bonchev–Trinajstić information content (AvgIpc) is 2.78. The van der Waals surface area contributed by atoms with Gasteiger partial charge in [-0.05, 0) is 35.9 Å². The number of hydrogen-bond donors (Lipinski definition) is 2. The quantitative estimate of drug-likeness (QED) is 0.534. The summed E-state index contributed by atoms with van der Waals surface area (Å²) in [4.78, 5) is 23.9. The number of carbonyl (C=O) groups excluding carboxylic acids is 2. The Morgan fingerprint density at radius 2 is 1.60 bits per heavy atom. The van der Waals surface area contributed by atoms with Crippen LogP contribution >= 0.6 is 0 Å². The van der Waals surface area contributed by atoms with Crippen molar-refractivity contribution in [1.82, 2.24) is 5.43 Å². The number of nitrogens with two attached hydrogens (primary N) is 1. The second kappa shape index (κ2) is 9.97. The molecule has 0 saturated heterocycles. The molecular weight excluding hydrogens is 382 g/mol. The summed E-state index contributed by atoms with van der Waals surface area (Å²) in [6.07, 6.45) is 0. The van der Waals surface area contributed by atoms with Crippen molar-refractivity contribution in [2.75, 3.05) is 18.7 Å². The van der Waals surface area contributed by atoms with Crippen LogP contribution in [0.5, 0.6) is 11.5 Å². The van der Waals surface area contributed by atoms with Crippen LogP contribution in [0.2, 0.25) is 0 Å². The molecule has 0 fully saturated rings. The fourth-order valence-corrected chi connectivity index (χ4v) is 2.83. The molecule has 3 rings (SSSR count). The van der Waals surface area contributed by atoms with Gasteiger partial charge in [0.25, 0.3) is 11.8 Å². The van der Waals surface area contributed by atoms with Gasteiger partial charge in [-0.25, -0.2) is 0 Å². The van der Waals surface area contributed by atoms with Gasteiger partial charge in [-0.1, -0.05) is 48.5 Å². The van der Waals surface area contributed by atoms with E-state index in [1.54, 1.807) is 23.2 Å². The van der Waals surface area contributed by atoms with Crippen LogP contribution in [0.4, 0.5) is 5.69 Å². The molecule has 154 valence electrons. The van der Waals surface area contributed by atoms with Crippen LogP contribution in [0.15, 0.2) is 78.9 Å². The minimum atomic E-state index is -0.599. The Morgan fingerprint density at radius 3 is 2.23 bits per heavy atom. The monoisotopic (exact) mass is 405 g/mol. The number of para-hydroxylation sites is 1. The summed E-state index contributed by atoms with van der Waals surface area (Å²) in [7, 11) is 1.46. The zero-order chi connectivity index (χ0) is 21.3. The number of hydrazine groups is 1. The summed E-state index contributed by atoms with van der Waals surface area (Å²) < 4.78 is 10.6. The van der Waals surface area contributed by atoms with Crippen molar-refractivity contribution >= 4 is 17.5 Å². The molecule has 0 aliphatic rings. The Hall–Kier alpha value is -4.00. The fraction of sp³-hybridized carbons (Fsp3) is 0.130. The summed E-state index contributed by atoms with van der Waals surface area (Å²) in [5.74, 6) is -0.247. The van der Waals surface area contributed by atoms with E-state index in [-0.39, 0.29) is 12.5 Å². The van der Waals surface area contributed by atoms with Crippen LogP contribution in [-0.2, 0) is 11.3 Å². The van der Waals surface area contributed by atoms with Crippen LogP contribution in [-0.4, -0.2) is 25.5 Å². The molecule has 30 heavy (non-hydrogen) atoms. The first-order valence-corrected chi connectivity index (χ1v) is 9.33. The number of primary amides is 1. The maximum Gasteiger partial charge on any atom is 0.269 e.